The van der Waals surface area contributed by atoms with E-state index in [4.69, 9.17) is 14.2 Å². The summed E-state index contributed by atoms with van der Waals surface area (Å²) in [4.78, 5) is 46.5. The summed E-state index contributed by atoms with van der Waals surface area (Å²) in [6.45, 7) is 0. The molecule has 0 bridgehead atoms. The first-order chi connectivity index (χ1) is 21.4. The van der Waals surface area contributed by atoms with Crippen molar-refractivity contribution in [1.82, 2.24) is 4.90 Å². The molecule has 220 valence electrons. The fourth-order valence-corrected chi connectivity index (χ4v) is 7.29. The Morgan fingerprint density at radius 1 is 0.795 bits per heavy atom. The molecule has 3 aliphatic rings. The van der Waals surface area contributed by atoms with Crippen molar-refractivity contribution < 1.29 is 28.6 Å². The predicted octanol–water partition coefficient (Wildman–Crippen LogP) is 5.69. The van der Waals surface area contributed by atoms with Crippen molar-refractivity contribution >= 4 is 29.2 Å². The van der Waals surface area contributed by atoms with E-state index >= 15 is 4.79 Å². The molecule has 3 aliphatic heterocycles. The van der Waals surface area contributed by atoms with Crippen LogP contribution in [0, 0.1) is 5.92 Å². The van der Waals surface area contributed by atoms with E-state index in [1.165, 1.54) is 21.3 Å². The maximum Gasteiger partial charge on any atom is 0.238 e. The van der Waals surface area contributed by atoms with Gasteiger partial charge in [0.25, 0.3) is 0 Å². The van der Waals surface area contributed by atoms with Gasteiger partial charge in [-0.15, -0.1) is 0 Å². The monoisotopic (exact) mass is 586 g/mol. The second-order valence-corrected chi connectivity index (χ2v) is 11.1. The van der Waals surface area contributed by atoms with Gasteiger partial charge in [0.2, 0.25) is 5.91 Å². The van der Waals surface area contributed by atoms with Gasteiger partial charge < -0.3 is 24.4 Å². The quantitative estimate of drug-likeness (QED) is 0.278. The summed E-state index contributed by atoms with van der Waals surface area (Å²) in [5.74, 6) is -0.879. The molecule has 8 heteroatoms. The number of nitrogens with zero attached hydrogens (tertiary/aromatic N) is 1. The van der Waals surface area contributed by atoms with E-state index < -0.39 is 29.2 Å². The lowest BCUT2D eigenvalue weighted by molar-refractivity contribution is -0.122. The minimum absolute atomic E-state index is 0.231. The molecule has 0 aromatic heterocycles. The van der Waals surface area contributed by atoms with Crippen LogP contribution in [-0.4, -0.2) is 49.7 Å². The molecule has 1 fully saturated rings. The number of carbonyl (C=O) groups excluding carboxylic acids is 3. The third-order valence-electron chi connectivity index (χ3n) is 9.15. The van der Waals surface area contributed by atoms with Crippen molar-refractivity contribution in [2.75, 3.05) is 26.6 Å². The van der Waals surface area contributed by atoms with Gasteiger partial charge in [-0.05, 0) is 59.2 Å². The first-order valence-electron chi connectivity index (χ1n) is 14.3. The van der Waals surface area contributed by atoms with E-state index in [-0.39, 0.29) is 17.3 Å². The Labute approximate surface area is 254 Å². The molecule has 1 amide bonds. The van der Waals surface area contributed by atoms with E-state index in [0.29, 0.717) is 34.1 Å². The molecule has 4 aromatic carbocycles. The normalized spacial score (nSPS) is 22.6. The van der Waals surface area contributed by atoms with Crippen molar-refractivity contribution in [3.63, 3.8) is 0 Å². The number of Topliss-reactive ketones (excluding diaryl/α,β-unsaturated/α-hetero) is 2. The summed E-state index contributed by atoms with van der Waals surface area (Å²) in [5.41, 5.74) is 2.22. The zero-order chi connectivity index (χ0) is 30.6. The molecule has 0 radical (unpaired) electrons. The Kier molecular flexibility index (Phi) is 6.50. The Morgan fingerprint density at radius 3 is 2.34 bits per heavy atom. The highest BCUT2D eigenvalue weighted by Crippen LogP contribution is 2.62. The maximum absolute atomic E-state index is 15.2. The number of ether oxygens (including phenoxy) is 3. The van der Waals surface area contributed by atoms with Gasteiger partial charge in [0, 0.05) is 17.5 Å². The van der Waals surface area contributed by atoms with Gasteiger partial charge in [-0.3, -0.25) is 14.4 Å². The predicted molar refractivity (Wildman–Crippen MR) is 165 cm³/mol. The van der Waals surface area contributed by atoms with Crippen LogP contribution in [0.2, 0.25) is 0 Å². The molecule has 0 aliphatic carbocycles. The number of fused-ring (bicyclic) bond motifs is 6. The molecule has 44 heavy (non-hydrogen) atoms. The van der Waals surface area contributed by atoms with Gasteiger partial charge in [-0.25, -0.2) is 0 Å². The highest BCUT2D eigenvalue weighted by molar-refractivity contribution is 6.17. The van der Waals surface area contributed by atoms with E-state index in [9.17, 15) is 9.59 Å². The smallest absolute Gasteiger partial charge is 0.238 e. The molecule has 1 N–H and O–H groups in total. The number of hydrogen-bond donors (Lipinski definition) is 1. The van der Waals surface area contributed by atoms with Crippen LogP contribution in [0.1, 0.15) is 43.4 Å². The van der Waals surface area contributed by atoms with Gasteiger partial charge in [0.15, 0.2) is 11.6 Å². The van der Waals surface area contributed by atoms with Crippen molar-refractivity contribution in [2.24, 2.45) is 5.92 Å². The largest absolute Gasteiger partial charge is 0.497 e. The van der Waals surface area contributed by atoms with Gasteiger partial charge in [0.1, 0.15) is 28.7 Å². The number of rotatable bonds is 7. The van der Waals surface area contributed by atoms with Crippen LogP contribution in [-0.2, 0) is 10.2 Å². The van der Waals surface area contributed by atoms with E-state index in [2.05, 4.69) is 5.32 Å². The number of methoxy groups -OCH3 is 3. The number of anilines is 1. The average molecular weight is 587 g/mol. The number of hydrogen-bond acceptors (Lipinski definition) is 7. The average Bonchev–Trinajstić information content (AvgIpc) is 3.55. The van der Waals surface area contributed by atoms with Crippen LogP contribution in [0.4, 0.5) is 5.69 Å². The molecule has 0 saturated carbocycles. The Balaban J connectivity index is 1.55. The summed E-state index contributed by atoms with van der Waals surface area (Å²) in [7, 11) is 4.54. The topological polar surface area (TPSA) is 94.2 Å². The summed E-state index contributed by atoms with van der Waals surface area (Å²) in [6.07, 6.45) is 3.78. The minimum Gasteiger partial charge on any atom is -0.497 e. The summed E-state index contributed by atoms with van der Waals surface area (Å²) in [5, 5.41) is 3.07. The van der Waals surface area contributed by atoms with Crippen molar-refractivity contribution in [2.45, 2.75) is 17.5 Å². The minimum atomic E-state index is -1.46. The first kappa shape index (κ1) is 27.5. The van der Waals surface area contributed by atoms with Crippen LogP contribution >= 0.6 is 0 Å². The van der Waals surface area contributed by atoms with Crippen LogP contribution in [0.5, 0.6) is 17.2 Å². The SMILES string of the molecule is COc1cccc(C(=O)[C@@H]2[C@@H](C(=O)c3cc(OC)ccc3OC)[C@]3(C(=O)Nc4ccccc43)[C@H]3c4ccccc4C=CN23)c1. The van der Waals surface area contributed by atoms with E-state index in [1.807, 2.05) is 65.7 Å². The lowest BCUT2D eigenvalue weighted by Gasteiger charge is -2.38. The van der Waals surface area contributed by atoms with Crippen LogP contribution in [0.15, 0.2) is 97.2 Å². The second kappa shape index (κ2) is 10.4. The molecule has 1 saturated heterocycles. The molecule has 1 spiro atoms. The Hall–Kier alpha value is -5.37. The summed E-state index contributed by atoms with van der Waals surface area (Å²) in [6, 6.07) is 25.4. The van der Waals surface area contributed by atoms with Crippen LogP contribution in [0.3, 0.4) is 0 Å². The molecule has 3 heterocycles. The standard InChI is InChI=1S/C36H30N2O6/c1-42-23-11-8-10-22(19-23)32(39)31-30(33(40)26-20-24(43-2)15-16-29(26)44-3)36(27-13-6-7-14-28(27)37-35(36)41)34-25-12-5-4-9-21(25)17-18-38(31)34/h4-20,30-31,34H,1-3H3,(H,37,41)/t30-,31-,34+,36-/m0/s1. The fraction of sp³-hybridized carbons (Fsp3) is 0.194. The number of benzene rings is 4. The van der Waals surface area contributed by atoms with Crippen molar-refractivity contribution in [3.05, 3.63) is 125 Å². The zero-order valence-electron chi connectivity index (χ0n) is 24.4. The van der Waals surface area contributed by atoms with Gasteiger partial charge >= 0.3 is 0 Å². The lowest BCUT2D eigenvalue weighted by atomic mass is 9.62. The number of para-hydroxylation sites is 1. The number of carbonyl (C=O) groups is 3. The molecular formula is C36H30N2O6. The van der Waals surface area contributed by atoms with Crippen molar-refractivity contribution in [3.8, 4) is 17.2 Å². The number of ketones is 2. The van der Waals surface area contributed by atoms with Crippen molar-refractivity contribution in [1.29, 1.82) is 0 Å². The molecule has 4 atom stereocenters. The van der Waals surface area contributed by atoms with Crippen LogP contribution in [0.25, 0.3) is 6.08 Å². The molecule has 8 nitrogen and oxygen atoms in total. The highest BCUT2D eigenvalue weighted by Gasteiger charge is 2.71. The molecule has 4 aromatic rings. The maximum atomic E-state index is 15.2. The lowest BCUT2D eigenvalue weighted by Crippen LogP contribution is -2.49. The Morgan fingerprint density at radius 2 is 1.55 bits per heavy atom. The third-order valence-corrected chi connectivity index (χ3v) is 9.15. The second-order valence-electron chi connectivity index (χ2n) is 11.1. The highest BCUT2D eigenvalue weighted by atomic mass is 16.5. The summed E-state index contributed by atoms with van der Waals surface area (Å²) >= 11 is 0. The van der Waals surface area contributed by atoms with E-state index in [0.717, 1.165) is 11.1 Å². The molecular weight excluding hydrogens is 556 g/mol. The number of nitrogens with one attached hydrogen (secondary N) is 1. The molecule has 0 unspecified atom stereocenters. The van der Waals surface area contributed by atoms with Gasteiger partial charge in [-0.1, -0.05) is 54.6 Å². The zero-order valence-corrected chi connectivity index (χ0v) is 24.4. The van der Waals surface area contributed by atoms with E-state index in [1.54, 1.807) is 42.5 Å². The van der Waals surface area contributed by atoms with Gasteiger partial charge in [0.05, 0.1) is 38.9 Å². The third kappa shape index (κ3) is 3.80. The van der Waals surface area contributed by atoms with Crippen LogP contribution < -0.4 is 19.5 Å². The first-order valence-corrected chi connectivity index (χ1v) is 14.3. The molecule has 7 rings (SSSR count). The Bertz CT molecular complexity index is 1870. The number of amides is 1. The fourth-order valence-electron chi connectivity index (χ4n) is 7.29. The summed E-state index contributed by atoms with van der Waals surface area (Å²) < 4.78 is 16.6. The van der Waals surface area contributed by atoms with Gasteiger partial charge in [-0.2, -0.15) is 0 Å².